The van der Waals surface area contributed by atoms with Crippen LogP contribution in [0.5, 0.6) is 0 Å². The average molecular weight is 250 g/mol. The molecule has 0 saturated carbocycles. The van der Waals surface area contributed by atoms with E-state index in [0.717, 1.165) is 46.0 Å². The van der Waals surface area contributed by atoms with Gasteiger partial charge in [-0.1, -0.05) is 18.2 Å². The lowest BCUT2D eigenvalue weighted by Gasteiger charge is -2.30. The minimum atomic E-state index is 0.750. The molecule has 1 aromatic rings. The topological polar surface area (TPSA) is 33.7 Å². The van der Waals surface area contributed by atoms with E-state index in [1.807, 2.05) is 0 Å². The van der Waals surface area contributed by atoms with Crippen molar-refractivity contribution in [2.75, 3.05) is 51.5 Å². The number of anilines is 1. The fraction of sp³-hybridized carbons (Fsp3) is 0.571. The lowest BCUT2D eigenvalue weighted by atomic mass is 10.1. The molecule has 1 aliphatic heterocycles. The van der Waals surface area contributed by atoms with Crippen LogP contribution in [0, 0.1) is 0 Å². The maximum absolute atomic E-state index is 5.40. The minimum absolute atomic E-state index is 0.750. The molecule has 4 nitrogen and oxygen atoms in total. The van der Waals surface area contributed by atoms with Gasteiger partial charge in [-0.05, 0) is 11.6 Å². The lowest BCUT2D eigenvalue weighted by molar-refractivity contribution is 0.122. The summed E-state index contributed by atoms with van der Waals surface area (Å²) in [7, 11) is 1.73. The van der Waals surface area contributed by atoms with Gasteiger partial charge in [-0.15, -0.1) is 0 Å². The van der Waals surface area contributed by atoms with Crippen molar-refractivity contribution in [1.29, 1.82) is 0 Å². The number of morpholine rings is 1. The molecule has 1 aliphatic rings. The summed E-state index contributed by atoms with van der Waals surface area (Å²) in [5.74, 6) is 0. The van der Waals surface area contributed by atoms with E-state index in [-0.39, 0.29) is 0 Å². The van der Waals surface area contributed by atoms with Crippen molar-refractivity contribution in [1.82, 2.24) is 5.32 Å². The monoisotopic (exact) mass is 250 g/mol. The molecule has 0 aromatic heterocycles. The number of para-hydroxylation sites is 1. The highest BCUT2D eigenvalue weighted by molar-refractivity contribution is 5.53. The van der Waals surface area contributed by atoms with Crippen LogP contribution in [0.2, 0.25) is 0 Å². The molecule has 1 N–H and O–H groups in total. The highest BCUT2D eigenvalue weighted by atomic mass is 16.5. The molecular formula is C14H22N2O2. The van der Waals surface area contributed by atoms with E-state index in [2.05, 4.69) is 34.5 Å². The molecule has 1 heterocycles. The number of nitrogens with zero attached hydrogens (tertiary/aromatic N) is 1. The molecule has 18 heavy (non-hydrogen) atoms. The van der Waals surface area contributed by atoms with Gasteiger partial charge in [0.15, 0.2) is 0 Å². The van der Waals surface area contributed by atoms with Crippen LogP contribution in [-0.2, 0) is 16.0 Å². The summed E-state index contributed by atoms with van der Waals surface area (Å²) < 4.78 is 10.4. The molecule has 0 unspecified atom stereocenters. The molecule has 100 valence electrons. The van der Waals surface area contributed by atoms with E-state index in [9.17, 15) is 0 Å². The Morgan fingerprint density at radius 2 is 2.06 bits per heavy atom. The Balaban J connectivity index is 1.96. The third-order valence-corrected chi connectivity index (χ3v) is 3.14. The van der Waals surface area contributed by atoms with Gasteiger partial charge in [0.2, 0.25) is 0 Å². The summed E-state index contributed by atoms with van der Waals surface area (Å²) in [5.41, 5.74) is 2.67. The maximum Gasteiger partial charge on any atom is 0.0642 e. The van der Waals surface area contributed by atoms with Crippen LogP contribution in [0.3, 0.4) is 0 Å². The Bertz CT molecular complexity index is 351. The predicted molar refractivity (Wildman–Crippen MR) is 73.1 cm³/mol. The minimum Gasteiger partial charge on any atom is -0.383 e. The summed E-state index contributed by atoms with van der Waals surface area (Å²) in [6.45, 7) is 6.13. The van der Waals surface area contributed by atoms with Crippen molar-refractivity contribution in [2.24, 2.45) is 0 Å². The van der Waals surface area contributed by atoms with E-state index in [1.54, 1.807) is 7.11 Å². The number of ether oxygens (including phenoxy) is 2. The van der Waals surface area contributed by atoms with E-state index >= 15 is 0 Å². The van der Waals surface area contributed by atoms with E-state index in [0.29, 0.717) is 0 Å². The van der Waals surface area contributed by atoms with Crippen LogP contribution in [0.1, 0.15) is 5.56 Å². The molecular weight excluding hydrogens is 228 g/mol. The first-order valence-corrected chi connectivity index (χ1v) is 6.52. The van der Waals surface area contributed by atoms with Gasteiger partial charge in [0.05, 0.1) is 19.8 Å². The van der Waals surface area contributed by atoms with Crippen molar-refractivity contribution in [3.05, 3.63) is 29.8 Å². The zero-order valence-corrected chi connectivity index (χ0v) is 11.0. The standard InChI is InChI=1S/C14H22N2O2/c1-17-9-6-15-12-13-4-2-3-5-14(13)16-7-10-18-11-8-16/h2-5,15H,6-12H2,1H3. The van der Waals surface area contributed by atoms with Crippen LogP contribution >= 0.6 is 0 Å². The second-order valence-electron chi connectivity index (χ2n) is 4.40. The Morgan fingerprint density at radius 1 is 1.28 bits per heavy atom. The molecule has 0 bridgehead atoms. The highest BCUT2D eigenvalue weighted by Crippen LogP contribution is 2.21. The Kier molecular flexibility index (Phi) is 5.45. The van der Waals surface area contributed by atoms with Crippen molar-refractivity contribution < 1.29 is 9.47 Å². The van der Waals surface area contributed by atoms with Crippen molar-refractivity contribution in [3.8, 4) is 0 Å². The lowest BCUT2D eigenvalue weighted by Crippen LogP contribution is -2.37. The van der Waals surface area contributed by atoms with Crippen molar-refractivity contribution in [2.45, 2.75) is 6.54 Å². The Labute approximate surface area is 109 Å². The molecule has 1 fully saturated rings. The van der Waals surface area contributed by atoms with Gasteiger partial charge in [-0.2, -0.15) is 0 Å². The van der Waals surface area contributed by atoms with E-state index in [4.69, 9.17) is 9.47 Å². The zero-order chi connectivity index (χ0) is 12.6. The van der Waals surface area contributed by atoms with Gasteiger partial charge in [-0.25, -0.2) is 0 Å². The van der Waals surface area contributed by atoms with E-state index < -0.39 is 0 Å². The zero-order valence-electron chi connectivity index (χ0n) is 11.0. The van der Waals surface area contributed by atoms with Gasteiger partial charge in [-0.3, -0.25) is 0 Å². The smallest absolute Gasteiger partial charge is 0.0642 e. The van der Waals surface area contributed by atoms with Gasteiger partial charge in [0, 0.05) is 39.0 Å². The second kappa shape index (κ2) is 7.36. The normalized spacial score (nSPS) is 15.9. The molecule has 0 amide bonds. The third kappa shape index (κ3) is 3.70. The first-order chi connectivity index (χ1) is 8.92. The summed E-state index contributed by atoms with van der Waals surface area (Å²) >= 11 is 0. The van der Waals surface area contributed by atoms with Crippen LogP contribution in [-0.4, -0.2) is 46.6 Å². The molecule has 0 atom stereocenters. The summed E-state index contributed by atoms with van der Waals surface area (Å²) in [4.78, 5) is 2.40. The molecule has 0 radical (unpaired) electrons. The molecule has 1 saturated heterocycles. The summed E-state index contributed by atoms with van der Waals surface area (Å²) in [5, 5.41) is 3.40. The molecule has 0 aliphatic carbocycles. The predicted octanol–water partition coefficient (Wildman–Crippen LogP) is 1.26. The quantitative estimate of drug-likeness (QED) is 0.771. The van der Waals surface area contributed by atoms with Gasteiger partial charge in [0.1, 0.15) is 0 Å². The number of rotatable bonds is 6. The SMILES string of the molecule is COCCNCc1ccccc1N1CCOCC1. The van der Waals surface area contributed by atoms with Gasteiger partial charge < -0.3 is 19.7 Å². The van der Waals surface area contributed by atoms with Crippen molar-refractivity contribution >= 4 is 5.69 Å². The fourth-order valence-corrected chi connectivity index (χ4v) is 2.17. The first kappa shape index (κ1) is 13.3. The largest absolute Gasteiger partial charge is 0.383 e. The van der Waals surface area contributed by atoms with Gasteiger partial charge >= 0.3 is 0 Å². The number of hydrogen-bond donors (Lipinski definition) is 1. The Morgan fingerprint density at radius 3 is 2.83 bits per heavy atom. The summed E-state index contributed by atoms with van der Waals surface area (Å²) in [6.07, 6.45) is 0. The molecule has 0 spiro atoms. The number of benzene rings is 1. The average Bonchev–Trinajstić information content (AvgIpc) is 2.45. The number of methoxy groups -OCH3 is 1. The van der Waals surface area contributed by atoms with Crippen LogP contribution in [0.25, 0.3) is 0 Å². The van der Waals surface area contributed by atoms with Crippen LogP contribution < -0.4 is 10.2 Å². The molecule has 1 aromatic carbocycles. The highest BCUT2D eigenvalue weighted by Gasteiger charge is 2.13. The van der Waals surface area contributed by atoms with Gasteiger partial charge in [0.25, 0.3) is 0 Å². The van der Waals surface area contributed by atoms with Crippen molar-refractivity contribution in [3.63, 3.8) is 0 Å². The molecule has 4 heteroatoms. The Hall–Kier alpha value is -1.10. The number of hydrogen-bond acceptors (Lipinski definition) is 4. The summed E-state index contributed by atoms with van der Waals surface area (Å²) in [6, 6.07) is 8.57. The van der Waals surface area contributed by atoms with E-state index in [1.165, 1.54) is 11.3 Å². The maximum atomic E-state index is 5.40. The second-order valence-corrected chi connectivity index (χ2v) is 4.40. The molecule has 2 rings (SSSR count). The third-order valence-electron chi connectivity index (χ3n) is 3.14. The van der Waals surface area contributed by atoms with Crippen LogP contribution in [0.15, 0.2) is 24.3 Å². The fourth-order valence-electron chi connectivity index (χ4n) is 2.17. The first-order valence-electron chi connectivity index (χ1n) is 6.52. The number of nitrogens with one attached hydrogen (secondary N) is 1. The van der Waals surface area contributed by atoms with Crippen LogP contribution in [0.4, 0.5) is 5.69 Å².